The molecule has 0 aromatic carbocycles. The van der Waals surface area contributed by atoms with Gasteiger partial charge < -0.3 is 14.6 Å². The molecule has 0 bridgehead atoms. The van der Waals surface area contributed by atoms with Gasteiger partial charge in [-0.25, -0.2) is 0 Å². The number of anilines is 1. The standard InChI is InChI=1S/C15H24N4OS/c1-11(2)8-16-9-14-17-18-15(20-14)19(12(3)4)10-13-6-5-7-21-13/h5-7,11-12,16H,8-10H2,1-4H3. The summed E-state index contributed by atoms with van der Waals surface area (Å²) in [7, 11) is 0. The minimum atomic E-state index is 0.309. The molecule has 116 valence electrons. The predicted octanol–water partition coefficient (Wildman–Crippen LogP) is 3.29. The van der Waals surface area contributed by atoms with Crippen molar-refractivity contribution in [3.63, 3.8) is 0 Å². The van der Waals surface area contributed by atoms with Gasteiger partial charge in [0.1, 0.15) is 0 Å². The molecular formula is C15H24N4OS. The second-order valence-corrected chi connectivity index (χ2v) is 6.84. The molecule has 0 radical (unpaired) electrons. The molecule has 0 saturated heterocycles. The maximum atomic E-state index is 5.78. The van der Waals surface area contributed by atoms with Gasteiger partial charge in [0.15, 0.2) is 0 Å². The topological polar surface area (TPSA) is 54.2 Å². The zero-order chi connectivity index (χ0) is 15.2. The molecule has 0 unspecified atom stereocenters. The van der Waals surface area contributed by atoms with Gasteiger partial charge in [-0.1, -0.05) is 25.0 Å². The summed E-state index contributed by atoms with van der Waals surface area (Å²) in [6.45, 7) is 11.0. The van der Waals surface area contributed by atoms with Gasteiger partial charge in [0.25, 0.3) is 0 Å². The summed E-state index contributed by atoms with van der Waals surface area (Å²) in [4.78, 5) is 3.42. The van der Waals surface area contributed by atoms with Crippen molar-refractivity contribution in [3.8, 4) is 0 Å². The van der Waals surface area contributed by atoms with E-state index in [1.807, 2.05) is 0 Å². The number of hydrogen-bond donors (Lipinski definition) is 1. The smallest absolute Gasteiger partial charge is 0.318 e. The quantitative estimate of drug-likeness (QED) is 0.811. The molecule has 2 heterocycles. The van der Waals surface area contributed by atoms with Crippen molar-refractivity contribution in [1.82, 2.24) is 15.5 Å². The first-order valence-electron chi connectivity index (χ1n) is 7.38. The van der Waals surface area contributed by atoms with Crippen LogP contribution in [0.3, 0.4) is 0 Å². The van der Waals surface area contributed by atoms with Crippen LogP contribution in [0, 0.1) is 5.92 Å². The Morgan fingerprint density at radius 3 is 2.71 bits per heavy atom. The first kappa shape index (κ1) is 16.0. The van der Waals surface area contributed by atoms with Crippen molar-refractivity contribution in [2.45, 2.75) is 46.8 Å². The molecule has 0 aliphatic carbocycles. The van der Waals surface area contributed by atoms with Crippen LogP contribution in [-0.2, 0) is 13.1 Å². The SMILES string of the molecule is CC(C)CNCc1nnc(N(Cc2cccs2)C(C)C)o1. The monoisotopic (exact) mass is 308 g/mol. The van der Waals surface area contributed by atoms with E-state index < -0.39 is 0 Å². The molecule has 0 amide bonds. The molecule has 21 heavy (non-hydrogen) atoms. The van der Waals surface area contributed by atoms with Crippen LogP contribution >= 0.6 is 11.3 Å². The van der Waals surface area contributed by atoms with Crippen LogP contribution in [0.2, 0.25) is 0 Å². The Hall–Kier alpha value is -1.40. The van der Waals surface area contributed by atoms with Crippen molar-refractivity contribution in [2.75, 3.05) is 11.4 Å². The third kappa shape index (κ3) is 4.82. The van der Waals surface area contributed by atoms with Crippen molar-refractivity contribution < 1.29 is 4.42 Å². The van der Waals surface area contributed by atoms with Crippen LogP contribution in [0.1, 0.15) is 38.5 Å². The minimum Gasteiger partial charge on any atom is -0.407 e. The van der Waals surface area contributed by atoms with Crippen molar-refractivity contribution in [2.24, 2.45) is 5.92 Å². The highest BCUT2D eigenvalue weighted by atomic mass is 32.1. The lowest BCUT2D eigenvalue weighted by Crippen LogP contribution is -2.30. The molecule has 0 aliphatic heterocycles. The molecule has 5 nitrogen and oxygen atoms in total. The normalized spacial score (nSPS) is 11.5. The molecule has 2 aromatic rings. The fourth-order valence-electron chi connectivity index (χ4n) is 1.94. The molecule has 0 atom stereocenters. The number of aromatic nitrogens is 2. The molecule has 2 aromatic heterocycles. The van der Waals surface area contributed by atoms with Crippen molar-refractivity contribution in [3.05, 3.63) is 28.3 Å². The van der Waals surface area contributed by atoms with Crippen LogP contribution in [-0.4, -0.2) is 22.8 Å². The summed E-state index contributed by atoms with van der Waals surface area (Å²) in [6.07, 6.45) is 0. The maximum Gasteiger partial charge on any atom is 0.318 e. The average molecular weight is 308 g/mol. The van der Waals surface area contributed by atoms with Gasteiger partial charge in [-0.05, 0) is 37.8 Å². The summed E-state index contributed by atoms with van der Waals surface area (Å²) in [5, 5.41) is 13.7. The lowest BCUT2D eigenvalue weighted by atomic mass is 10.2. The molecule has 0 fully saturated rings. The largest absolute Gasteiger partial charge is 0.407 e. The zero-order valence-electron chi connectivity index (χ0n) is 13.2. The summed E-state index contributed by atoms with van der Waals surface area (Å²) >= 11 is 1.74. The molecule has 0 aliphatic rings. The second-order valence-electron chi connectivity index (χ2n) is 5.80. The molecule has 2 rings (SSSR count). The zero-order valence-corrected chi connectivity index (χ0v) is 14.0. The van der Waals surface area contributed by atoms with Gasteiger partial charge in [0.2, 0.25) is 5.89 Å². The Kier molecular flexibility index (Phi) is 5.76. The van der Waals surface area contributed by atoms with E-state index in [1.54, 1.807) is 11.3 Å². The van der Waals surface area contributed by atoms with Crippen LogP contribution in [0.5, 0.6) is 0 Å². The Bertz CT molecular complexity index is 522. The van der Waals surface area contributed by atoms with E-state index in [1.165, 1.54) is 4.88 Å². The van der Waals surface area contributed by atoms with E-state index >= 15 is 0 Å². The number of thiophene rings is 1. The predicted molar refractivity (Wildman–Crippen MR) is 86.5 cm³/mol. The number of hydrogen-bond acceptors (Lipinski definition) is 6. The average Bonchev–Trinajstić information content (AvgIpc) is 3.06. The van der Waals surface area contributed by atoms with E-state index in [4.69, 9.17) is 4.42 Å². The highest BCUT2D eigenvalue weighted by Crippen LogP contribution is 2.20. The Labute approximate surface area is 130 Å². The number of nitrogens with one attached hydrogen (secondary N) is 1. The number of rotatable bonds is 8. The number of nitrogens with zero attached hydrogens (tertiary/aromatic N) is 3. The first-order chi connectivity index (χ1) is 10.1. The highest BCUT2D eigenvalue weighted by molar-refractivity contribution is 7.09. The van der Waals surface area contributed by atoms with Gasteiger partial charge >= 0.3 is 6.01 Å². The van der Waals surface area contributed by atoms with E-state index in [2.05, 4.69) is 65.6 Å². The van der Waals surface area contributed by atoms with Gasteiger partial charge in [0.05, 0.1) is 13.1 Å². The van der Waals surface area contributed by atoms with Crippen LogP contribution in [0.15, 0.2) is 21.9 Å². The fourth-order valence-corrected chi connectivity index (χ4v) is 2.64. The van der Waals surface area contributed by atoms with Crippen molar-refractivity contribution in [1.29, 1.82) is 0 Å². The van der Waals surface area contributed by atoms with E-state index in [0.29, 0.717) is 30.4 Å². The fraction of sp³-hybridized carbons (Fsp3) is 0.600. The maximum absolute atomic E-state index is 5.78. The van der Waals surface area contributed by atoms with Crippen LogP contribution in [0.4, 0.5) is 6.01 Å². The van der Waals surface area contributed by atoms with Crippen molar-refractivity contribution >= 4 is 17.4 Å². The van der Waals surface area contributed by atoms with E-state index in [-0.39, 0.29) is 0 Å². The summed E-state index contributed by atoms with van der Waals surface area (Å²) in [5.41, 5.74) is 0. The van der Waals surface area contributed by atoms with E-state index in [0.717, 1.165) is 13.1 Å². The first-order valence-corrected chi connectivity index (χ1v) is 8.26. The Morgan fingerprint density at radius 2 is 2.10 bits per heavy atom. The summed E-state index contributed by atoms with van der Waals surface area (Å²) < 4.78 is 5.78. The van der Waals surface area contributed by atoms with Crippen LogP contribution in [0.25, 0.3) is 0 Å². The lowest BCUT2D eigenvalue weighted by molar-refractivity contribution is 0.440. The summed E-state index contributed by atoms with van der Waals surface area (Å²) in [6, 6.07) is 5.10. The second kappa shape index (κ2) is 7.56. The summed E-state index contributed by atoms with van der Waals surface area (Å²) in [5.74, 6) is 1.25. The molecule has 1 N–H and O–H groups in total. The molecule has 0 spiro atoms. The Balaban J connectivity index is 1.99. The van der Waals surface area contributed by atoms with E-state index in [9.17, 15) is 0 Å². The molecule has 0 saturated carbocycles. The van der Waals surface area contributed by atoms with Gasteiger partial charge in [-0.2, -0.15) is 0 Å². The van der Waals surface area contributed by atoms with Crippen LogP contribution < -0.4 is 10.2 Å². The molecule has 6 heteroatoms. The third-order valence-electron chi connectivity index (χ3n) is 3.06. The van der Waals surface area contributed by atoms with Gasteiger partial charge in [-0.15, -0.1) is 16.4 Å². The van der Waals surface area contributed by atoms with Gasteiger partial charge in [0, 0.05) is 10.9 Å². The highest BCUT2D eigenvalue weighted by Gasteiger charge is 2.18. The third-order valence-corrected chi connectivity index (χ3v) is 3.92. The molecular weight excluding hydrogens is 284 g/mol. The Morgan fingerprint density at radius 1 is 1.29 bits per heavy atom. The minimum absolute atomic E-state index is 0.309. The lowest BCUT2D eigenvalue weighted by Gasteiger charge is -2.23. The van der Waals surface area contributed by atoms with Gasteiger partial charge in [-0.3, -0.25) is 0 Å².